The fourth-order valence-corrected chi connectivity index (χ4v) is 2.43. The first-order valence-corrected chi connectivity index (χ1v) is 6.13. The van der Waals surface area contributed by atoms with Crippen LogP contribution in [0.2, 0.25) is 0 Å². The lowest BCUT2D eigenvalue weighted by molar-refractivity contribution is 0.193. The Kier molecular flexibility index (Phi) is 3.97. The van der Waals surface area contributed by atoms with Crippen molar-refractivity contribution in [2.24, 2.45) is 0 Å². The van der Waals surface area contributed by atoms with Gasteiger partial charge in [-0.25, -0.2) is 0 Å². The molecule has 1 aliphatic rings. The van der Waals surface area contributed by atoms with Crippen molar-refractivity contribution in [3.8, 4) is 0 Å². The van der Waals surface area contributed by atoms with E-state index in [9.17, 15) is 0 Å². The molecule has 16 heavy (non-hydrogen) atoms. The van der Waals surface area contributed by atoms with E-state index in [1.165, 1.54) is 29.5 Å². The smallest absolute Gasteiger partial charge is 0.0474 e. The standard InChI is InChI=1S/C14H21NO/c1-11-4-5-12-6-7-14(13(12)10-11)15-8-3-9-16-2/h4-5,10,14-15H,3,6-9H2,1-2H3. The predicted octanol–water partition coefficient (Wildman–Crippen LogP) is 2.61. The van der Waals surface area contributed by atoms with Crippen molar-refractivity contribution in [3.63, 3.8) is 0 Å². The van der Waals surface area contributed by atoms with Crippen LogP contribution in [0.15, 0.2) is 18.2 Å². The summed E-state index contributed by atoms with van der Waals surface area (Å²) < 4.78 is 5.06. The minimum Gasteiger partial charge on any atom is -0.385 e. The topological polar surface area (TPSA) is 21.3 Å². The molecule has 0 heterocycles. The Hall–Kier alpha value is -0.860. The molecule has 0 aliphatic heterocycles. The van der Waals surface area contributed by atoms with E-state index < -0.39 is 0 Å². The molecule has 1 aliphatic carbocycles. The van der Waals surface area contributed by atoms with E-state index in [2.05, 4.69) is 30.4 Å². The number of fused-ring (bicyclic) bond motifs is 1. The lowest BCUT2D eigenvalue weighted by Gasteiger charge is -2.14. The van der Waals surface area contributed by atoms with Gasteiger partial charge in [0.2, 0.25) is 0 Å². The van der Waals surface area contributed by atoms with Crippen LogP contribution in [-0.2, 0) is 11.2 Å². The molecule has 0 saturated heterocycles. The van der Waals surface area contributed by atoms with E-state index in [0.717, 1.165) is 19.6 Å². The third kappa shape index (κ3) is 2.63. The van der Waals surface area contributed by atoms with Gasteiger partial charge in [0.1, 0.15) is 0 Å². The minimum atomic E-state index is 0.562. The second-order valence-electron chi connectivity index (χ2n) is 4.59. The second-order valence-corrected chi connectivity index (χ2v) is 4.59. The Labute approximate surface area is 98.0 Å². The molecule has 0 spiro atoms. The maximum atomic E-state index is 5.06. The Bertz CT molecular complexity index is 349. The summed E-state index contributed by atoms with van der Waals surface area (Å²) in [5.74, 6) is 0. The van der Waals surface area contributed by atoms with Crippen molar-refractivity contribution in [2.75, 3.05) is 20.3 Å². The number of nitrogens with one attached hydrogen (secondary N) is 1. The highest BCUT2D eigenvalue weighted by molar-refractivity contribution is 5.37. The molecule has 2 rings (SSSR count). The third-order valence-corrected chi connectivity index (χ3v) is 3.30. The molecule has 1 N–H and O–H groups in total. The molecule has 2 heteroatoms. The van der Waals surface area contributed by atoms with Crippen molar-refractivity contribution in [1.82, 2.24) is 5.32 Å². The van der Waals surface area contributed by atoms with Gasteiger partial charge in [-0.1, -0.05) is 23.8 Å². The van der Waals surface area contributed by atoms with Crippen LogP contribution >= 0.6 is 0 Å². The number of aryl methyl sites for hydroxylation is 2. The van der Waals surface area contributed by atoms with E-state index >= 15 is 0 Å². The van der Waals surface area contributed by atoms with E-state index in [4.69, 9.17) is 4.74 Å². The zero-order valence-corrected chi connectivity index (χ0v) is 10.3. The molecular weight excluding hydrogens is 198 g/mol. The van der Waals surface area contributed by atoms with Gasteiger partial charge < -0.3 is 10.1 Å². The summed E-state index contributed by atoms with van der Waals surface area (Å²) >= 11 is 0. The Morgan fingerprint density at radius 3 is 3.12 bits per heavy atom. The van der Waals surface area contributed by atoms with Gasteiger partial charge in [0.25, 0.3) is 0 Å². The number of hydrogen-bond donors (Lipinski definition) is 1. The first-order valence-electron chi connectivity index (χ1n) is 6.13. The molecule has 2 nitrogen and oxygen atoms in total. The number of hydrogen-bond acceptors (Lipinski definition) is 2. The fraction of sp³-hybridized carbons (Fsp3) is 0.571. The molecule has 1 atom stereocenters. The van der Waals surface area contributed by atoms with Gasteiger partial charge in [-0.2, -0.15) is 0 Å². The molecule has 0 aromatic heterocycles. The normalized spacial score (nSPS) is 18.8. The van der Waals surface area contributed by atoms with Gasteiger partial charge >= 0.3 is 0 Å². The number of ether oxygens (including phenoxy) is 1. The van der Waals surface area contributed by atoms with Crippen molar-refractivity contribution in [1.29, 1.82) is 0 Å². The molecular formula is C14H21NO. The lowest BCUT2D eigenvalue weighted by atomic mass is 10.1. The first kappa shape index (κ1) is 11.6. The summed E-state index contributed by atoms with van der Waals surface area (Å²) in [7, 11) is 1.76. The van der Waals surface area contributed by atoms with Crippen LogP contribution in [0.3, 0.4) is 0 Å². The molecule has 0 fully saturated rings. The van der Waals surface area contributed by atoms with Gasteiger partial charge in [0.05, 0.1) is 0 Å². The van der Waals surface area contributed by atoms with Crippen LogP contribution in [-0.4, -0.2) is 20.3 Å². The van der Waals surface area contributed by atoms with Crippen LogP contribution in [0.4, 0.5) is 0 Å². The maximum absolute atomic E-state index is 5.06. The average Bonchev–Trinajstić information content (AvgIpc) is 2.67. The highest BCUT2D eigenvalue weighted by atomic mass is 16.5. The van der Waals surface area contributed by atoms with E-state index in [1.54, 1.807) is 7.11 Å². The van der Waals surface area contributed by atoms with Crippen LogP contribution in [0.5, 0.6) is 0 Å². The lowest BCUT2D eigenvalue weighted by Crippen LogP contribution is -2.21. The Balaban J connectivity index is 1.92. The molecule has 88 valence electrons. The summed E-state index contributed by atoms with van der Waals surface area (Å²) in [5.41, 5.74) is 4.40. The van der Waals surface area contributed by atoms with E-state index in [-0.39, 0.29) is 0 Å². The summed E-state index contributed by atoms with van der Waals surface area (Å²) in [6.45, 7) is 4.06. The van der Waals surface area contributed by atoms with Gasteiger partial charge in [0.15, 0.2) is 0 Å². The van der Waals surface area contributed by atoms with Crippen LogP contribution in [0, 0.1) is 6.92 Å². The molecule has 0 radical (unpaired) electrons. The summed E-state index contributed by atoms with van der Waals surface area (Å²) in [4.78, 5) is 0. The van der Waals surface area contributed by atoms with Gasteiger partial charge in [-0.05, 0) is 43.9 Å². The van der Waals surface area contributed by atoms with Gasteiger partial charge in [-0.3, -0.25) is 0 Å². The summed E-state index contributed by atoms with van der Waals surface area (Å²) in [6.07, 6.45) is 3.55. The summed E-state index contributed by atoms with van der Waals surface area (Å²) in [5, 5.41) is 3.62. The SMILES string of the molecule is COCCCNC1CCc2ccc(C)cc21. The summed E-state index contributed by atoms with van der Waals surface area (Å²) in [6, 6.07) is 7.39. The molecule has 1 aromatic rings. The Morgan fingerprint density at radius 2 is 2.31 bits per heavy atom. The molecule has 0 bridgehead atoms. The molecule has 0 amide bonds. The molecule has 0 saturated carbocycles. The number of benzene rings is 1. The zero-order valence-electron chi connectivity index (χ0n) is 10.3. The maximum Gasteiger partial charge on any atom is 0.0474 e. The molecule has 1 aromatic carbocycles. The minimum absolute atomic E-state index is 0.562. The predicted molar refractivity (Wildman–Crippen MR) is 66.7 cm³/mol. The number of methoxy groups -OCH3 is 1. The third-order valence-electron chi connectivity index (χ3n) is 3.30. The van der Waals surface area contributed by atoms with E-state index in [1.807, 2.05) is 0 Å². The van der Waals surface area contributed by atoms with Crippen molar-refractivity contribution >= 4 is 0 Å². The monoisotopic (exact) mass is 219 g/mol. The van der Waals surface area contributed by atoms with Crippen molar-refractivity contribution in [3.05, 3.63) is 34.9 Å². The van der Waals surface area contributed by atoms with Gasteiger partial charge in [-0.15, -0.1) is 0 Å². The van der Waals surface area contributed by atoms with Gasteiger partial charge in [0, 0.05) is 19.8 Å². The fourth-order valence-electron chi connectivity index (χ4n) is 2.43. The van der Waals surface area contributed by atoms with Crippen molar-refractivity contribution in [2.45, 2.75) is 32.2 Å². The van der Waals surface area contributed by atoms with Crippen LogP contribution in [0.25, 0.3) is 0 Å². The van der Waals surface area contributed by atoms with E-state index in [0.29, 0.717) is 6.04 Å². The Morgan fingerprint density at radius 1 is 1.44 bits per heavy atom. The quantitative estimate of drug-likeness (QED) is 0.769. The largest absolute Gasteiger partial charge is 0.385 e. The number of rotatable bonds is 5. The average molecular weight is 219 g/mol. The highest BCUT2D eigenvalue weighted by Gasteiger charge is 2.21. The molecule has 1 unspecified atom stereocenters. The zero-order chi connectivity index (χ0) is 11.4. The van der Waals surface area contributed by atoms with Crippen LogP contribution in [0.1, 0.15) is 35.6 Å². The first-order chi connectivity index (χ1) is 7.81. The van der Waals surface area contributed by atoms with Crippen molar-refractivity contribution < 1.29 is 4.74 Å². The van der Waals surface area contributed by atoms with Crippen LogP contribution < -0.4 is 5.32 Å². The highest BCUT2D eigenvalue weighted by Crippen LogP contribution is 2.31. The second kappa shape index (κ2) is 5.46.